The van der Waals surface area contributed by atoms with Gasteiger partial charge in [-0.05, 0) is 38.0 Å². The van der Waals surface area contributed by atoms with Crippen LogP contribution in [0, 0.1) is 13.8 Å². The Hall–Kier alpha value is -2.50. The van der Waals surface area contributed by atoms with Gasteiger partial charge in [0.25, 0.3) is 0 Å². The number of amides is 1. The van der Waals surface area contributed by atoms with Gasteiger partial charge < -0.3 is 19.9 Å². The van der Waals surface area contributed by atoms with Gasteiger partial charge >= 0.3 is 0 Å². The van der Waals surface area contributed by atoms with E-state index in [9.17, 15) is 4.79 Å². The lowest BCUT2D eigenvalue weighted by molar-refractivity contribution is -0.117. The quantitative estimate of drug-likeness (QED) is 0.857. The lowest BCUT2D eigenvalue weighted by Gasteiger charge is -2.19. The molecule has 0 saturated carbocycles. The third kappa shape index (κ3) is 3.78. The SMILES string of the molecule is CC[C@@H](Nc1cc(C)ccc1OC)C(=O)Nc1cc(C)on1. The number of carbonyl (C=O) groups is 1. The fourth-order valence-electron chi connectivity index (χ4n) is 2.11. The lowest BCUT2D eigenvalue weighted by atomic mass is 10.1. The minimum absolute atomic E-state index is 0.167. The third-order valence-electron chi connectivity index (χ3n) is 3.29. The van der Waals surface area contributed by atoms with Crippen molar-refractivity contribution in [2.24, 2.45) is 0 Å². The molecule has 118 valence electrons. The molecule has 2 rings (SSSR count). The number of methoxy groups -OCH3 is 1. The first kappa shape index (κ1) is 15.9. The highest BCUT2D eigenvalue weighted by Gasteiger charge is 2.19. The maximum absolute atomic E-state index is 12.3. The number of ether oxygens (including phenoxy) is 1. The molecule has 2 N–H and O–H groups in total. The van der Waals surface area contributed by atoms with Crippen molar-refractivity contribution in [3.05, 3.63) is 35.6 Å². The van der Waals surface area contributed by atoms with Crippen LogP contribution in [0.15, 0.2) is 28.8 Å². The van der Waals surface area contributed by atoms with E-state index in [2.05, 4.69) is 15.8 Å². The highest BCUT2D eigenvalue weighted by atomic mass is 16.5. The number of benzene rings is 1. The highest BCUT2D eigenvalue weighted by Crippen LogP contribution is 2.26. The monoisotopic (exact) mass is 303 g/mol. The zero-order chi connectivity index (χ0) is 16.1. The summed E-state index contributed by atoms with van der Waals surface area (Å²) in [5, 5.41) is 9.73. The van der Waals surface area contributed by atoms with Gasteiger partial charge in [-0.25, -0.2) is 0 Å². The second-order valence-electron chi connectivity index (χ2n) is 5.12. The molecule has 0 aliphatic rings. The van der Waals surface area contributed by atoms with Gasteiger partial charge in [0.2, 0.25) is 5.91 Å². The van der Waals surface area contributed by atoms with Crippen LogP contribution in [0.2, 0.25) is 0 Å². The van der Waals surface area contributed by atoms with Gasteiger partial charge in [-0.3, -0.25) is 4.79 Å². The number of anilines is 2. The van der Waals surface area contributed by atoms with Gasteiger partial charge in [0, 0.05) is 6.07 Å². The van der Waals surface area contributed by atoms with Crippen molar-refractivity contribution in [1.82, 2.24) is 5.16 Å². The van der Waals surface area contributed by atoms with Crippen LogP contribution in [-0.2, 0) is 4.79 Å². The predicted octanol–water partition coefficient (Wildman–Crippen LogP) is 3.13. The molecule has 0 spiro atoms. The Morgan fingerprint density at radius 3 is 2.73 bits per heavy atom. The van der Waals surface area contributed by atoms with E-state index < -0.39 is 6.04 Å². The number of nitrogens with zero attached hydrogens (tertiary/aromatic N) is 1. The van der Waals surface area contributed by atoms with Crippen LogP contribution >= 0.6 is 0 Å². The van der Waals surface area contributed by atoms with E-state index in [0.29, 0.717) is 23.7 Å². The van der Waals surface area contributed by atoms with Gasteiger partial charge in [-0.1, -0.05) is 18.1 Å². The summed E-state index contributed by atoms with van der Waals surface area (Å²) < 4.78 is 10.3. The summed E-state index contributed by atoms with van der Waals surface area (Å²) in [6.45, 7) is 5.70. The summed E-state index contributed by atoms with van der Waals surface area (Å²) >= 11 is 0. The van der Waals surface area contributed by atoms with Gasteiger partial charge in [-0.15, -0.1) is 0 Å². The lowest BCUT2D eigenvalue weighted by Crippen LogP contribution is -2.34. The Balaban J connectivity index is 2.11. The molecular weight excluding hydrogens is 282 g/mol. The minimum atomic E-state index is -0.396. The van der Waals surface area contributed by atoms with E-state index in [1.807, 2.05) is 32.0 Å². The van der Waals surface area contributed by atoms with Crippen LogP contribution in [0.25, 0.3) is 0 Å². The van der Waals surface area contributed by atoms with Gasteiger partial charge in [0.05, 0.1) is 12.8 Å². The molecule has 0 bridgehead atoms. The molecule has 0 radical (unpaired) electrons. The smallest absolute Gasteiger partial charge is 0.248 e. The van der Waals surface area contributed by atoms with Crippen molar-refractivity contribution < 1.29 is 14.1 Å². The molecule has 0 saturated heterocycles. The van der Waals surface area contributed by atoms with Gasteiger partial charge in [0.1, 0.15) is 17.6 Å². The Bertz CT molecular complexity index is 652. The highest BCUT2D eigenvalue weighted by molar-refractivity contribution is 5.96. The van der Waals surface area contributed by atoms with Crippen molar-refractivity contribution in [3.63, 3.8) is 0 Å². The van der Waals surface area contributed by atoms with E-state index in [-0.39, 0.29) is 5.91 Å². The molecule has 6 nitrogen and oxygen atoms in total. The van der Waals surface area contributed by atoms with Gasteiger partial charge in [-0.2, -0.15) is 0 Å². The Kier molecular flexibility index (Phi) is 5.04. The van der Waals surface area contributed by atoms with Crippen LogP contribution < -0.4 is 15.4 Å². The summed E-state index contributed by atoms with van der Waals surface area (Å²) in [5.74, 6) is 1.60. The Morgan fingerprint density at radius 2 is 2.14 bits per heavy atom. The zero-order valence-corrected chi connectivity index (χ0v) is 13.3. The third-order valence-corrected chi connectivity index (χ3v) is 3.29. The molecule has 0 aliphatic heterocycles. The van der Waals surface area contributed by atoms with Crippen molar-refractivity contribution >= 4 is 17.4 Å². The molecule has 1 heterocycles. The van der Waals surface area contributed by atoms with Crippen molar-refractivity contribution in [1.29, 1.82) is 0 Å². The summed E-state index contributed by atoms with van der Waals surface area (Å²) in [5.41, 5.74) is 1.88. The summed E-state index contributed by atoms with van der Waals surface area (Å²) in [6.07, 6.45) is 0.625. The summed E-state index contributed by atoms with van der Waals surface area (Å²) in [4.78, 5) is 12.3. The second kappa shape index (κ2) is 6.98. The minimum Gasteiger partial charge on any atom is -0.495 e. The average Bonchev–Trinajstić information content (AvgIpc) is 2.90. The number of aromatic nitrogens is 1. The molecule has 0 aliphatic carbocycles. The predicted molar refractivity (Wildman–Crippen MR) is 85.3 cm³/mol. The molecule has 1 aromatic heterocycles. The van der Waals surface area contributed by atoms with Crippen molar-refractivity contribution in [3.8, 4) is 5.75 Å². The van der Waals surface area contributed by atoms with Crippen molar-refractivity contribution in [2.75, 3.05) is 17.7 Å². The van der Waals surface area contributed by atoms with E-state index >= 15 is 0 Å². The Labute approximate surface area is 129 Å². The molecule has 1 atom stereocenters. The standard InChI is InChI=1S/C16H21N3O3/c1-5-12(16(20)18-15-9-11(3)22-19-15)17-13-8-10(2)6-7-14(13)21-4/h6-9,12,17H,5H2,1-4H3,(H,18,19,20)/t12-/m1/s1. The fourth-order valence-corrected chi connectivity index (χ4v) is 2.11. The first-order valence-electron chi connectivity index (χ1n) is 7.18. The number of nitrogens with one attached hydrogen (secondary N) is 2. The number of rotatable bonds is 6. The molecule has 0 fully saturated rings. The first-order valence-corrected chi connectivity index (χ1v) is 7.18. The molecule has 6 heteroatoms. The van der Waals surface area contributed by atoms with E-state index in [1.54, 1.807) is 20.1 Å². The maximum atomic E-state index is 12.3. The fraction of sp³-hybridized carbons (Fsp3) is 0.375. The summed E-state index contributed by atoms with van der Waals surface area (Å²) in [7, 11) is 1.61. The normalized spacial score (nSPS) is 11.8. The molecular formula is C16H21N3O3. The second-order valence-corrected chi connectivity index (χ2v) is 5.12. The van der Waals surface area contributed by atoms with Crippen LogP contribution in [0.3, 0.4) is 0 Å². The Morgan fingerprint density at radius 1 is 1.36 bits per heavy atom. The number of hydrogen-bond acceptors (Lipinski definition) is 5. The van der Waals surface area contributed by atoms with Crippen LogP contribution in [-0.4, -0.2) is 24.2 Å². The molecule has 0 unspecified atom stereocenters. The van der Waals surface area contributed by atoms with E-state index in [1.165, 1.54) is 0 Å². The molecule has 1 amide bonds. The van der Waals surface area contributed by atoms with Gasteiger partial charge in [0.15, 0.2) is 5.82 Å². The molecule has 2 aromatic rings. The van der Waals surface area contributed by atoms with Crippen molar-refractivity contribution in [2.45, 2.75) is 33.2 Å². The van der Waals surface area contributed by atoms with Crippen LogP contribution in [0.5, 0.6) is 5.75 Å². The van der Waals surface area contributed by atoms with E-state index in [4.69, 9.17) is 9.26 Å². The topological polar surface area (TPSA) is 76.4 Å². The summed E-state index contributed by atoms with van der Waals surface area (Å²) in [6, 6.07) is 7.08. The van der Waals surface area contributed by atoms with Crippen LogP contribution in [0.1, 0.15) is 24.7 Å². The maximum Gasteiger partial charge on any atom is 0.248 e. The number of aryl methyl sites for hydroxylation is 2. The van der Waals surface area contributed by atoms with E-state index in [0.717, 1.165) is 11.3 Å². The largest absolute Gasteiger partial charge is 0.495 e. The zero-order valence-electron chi connectivity index (χ0n) is 13.3. The first-order chi connectivity index (χ1) is 10.5. The molecule has 1 aromatic carbocycles. The number of carbonyl (C=O) groups excluding carboxylic acids is 1. The average molecular weight is 303 g/mol. The van der Waals surface area contributed by atoms with Crippen LogP contribution in [0.4, 0.5) is 11.5 Å². The number of hydrogen-bond donors (Lipinski definition) is 2. The molecule has 22 heavy (non-hydrogen) atoms.